The molecule has 2 N–H and O–H groups in total. The van der Waals surface area contributed by atoms with Gasteiger partial charge >= 0.3 is 5.97 Å². The summed E-state index contributed by atoms with van der Waals surface area (Å²) in [5.41, 5.74) is 0.470. The van der Waals surface area contributed by atoms with E-state index in [-0.39, 0.29) is 22.2 Å². The van der Waals surface area contributed by atoms with Crippen molar-refractivity contribution in [3.8, 4) is 0 Å². The fraction of sp³-hybridized carbons (Fsp3) is 0.375. The number of aromatic carboxylic acids is 1. The van der Waals surface area contributed by atoms with Gasteiger partial charge in [-0.2, -0.15) is 0 Å². The maximum absolute atomic E-state index is 11.4. The zero-order chi connectivity index (χ0) is 16.0. The molecule has 2 aromatic rings. The Morgan fingerprint density at radius 1 is 1.30 bits per heavy atom. The second-order valence-electron chi connectivity index (χ2n) is 6.09. The predicted molar refractivity (Wildman–Crippen MR) is 84.7 cm³/mol. The van der Waals surface area contributed by atoms with Gasteiger partial charge in [0.2, 0.25) is 0 Å². The van der Waals surface area contributed by atoms with Crippen molar-refractivity contribution in [2.75, 3.05) is 5.32 Å². The summed E-state index contributed by atoms with van der Waals surface area (Å²) in [6.07, 6.45) is 5.55. The van der Waals surface area contributed by atoms with Crippen LogP contribution in [0.2, 0.25) is 5.02 Å². The number of nitrogens with zero attached hydrogens (tertiary/aromatic N) is 3. The van der Waals surface area contributed by atoms with E-state index < -0.39 is 5.97 Å². The van der Waals surface area contributed by atoms with E-state index in [9.17, 15) is 9.90 Å². The third kappa shape index (κ3) is 2.63. The molecule has 0 radical (unpaired) electrons. The van der Waals surface area contributed by atoms with Gasteiger partial charge in [-0.1, -0.05) is 17.7 Å². The lowest BCUT2D eigenvalue weighted by Gasteiger charge is -2.19. The number of anilines is 1. The molecule has 0 bridgehead atoms. The van der Waals surface area contributed by atoms with Crippen LogP contribution in [0.3, 0.4) is 0 Å². The molecule has 2 saturated carbocycles. The lowest BCUT2D eigenvalue weighted by Crippen LogP contribution is -2.22. The number of pyridine rings is 1. The van der Waals surface area contributed by atoms with Gasteiger partial charge in [-0.05, 0) is 37.8 Å². The summed E-state index contributed by atoms with van der Waals surface area (Å²) < 4.78 is 0. The van der Waals surface area contributed by atoms with Crippen LogP contribution in [0, 0.1) is 0 Å². The van der Waals surface area contributed by atoms with Crippen LogP contribution >= 0.6 is 11.6 Å². The Bertz CT molecular complexity index is 773. The molecular weight excluding hydrogens is 316 g/mol. The fourth-order valence-electron chi connectivity index (χ4n) is 2.66. The Kier molecular flexibility index (Phi) is 3.23. The van der Waals surface area contributed by atoms with E-state index in [1.807, 2.05) is 18.2 Å². The van der Waals surface area contributed by atoms with Crippen LogP contribution in [0.4, 0.5) is 5.82 Å². The molecular formula is C16H15ClN4O2. The zero-order valence-electron chi connectivity index (χ0n) is 12.3. The Balaban J connectivity index is 1.72. The summed E-state index contributed by atoms with van der Waals surface area (Å²) >= 11 is 6.23. The summed E-state index contributed by atoms with van der Waals surface area (Å²) in [4.78, 5) is 24.4. The van der Waals surface area contributed by atoms with E-state index in [0.29, 0.717) is 11.6 Å². The molecule has 6 nitrogen and oxygen atoms in total. The summed E-state index contributed by atoms with van der Waals surface area (Å²) in [5, 5.41) is 12.7. The maximum Gasteiger partial charge on any atom is 0.356 e. The molecule has 0 saturated heterocycles. The minimum absolute atomic E-state index is 0.0594. The van der Waals surface area contributed by atoms with Crippen molar-refractivity contribution in [2.45, 2.75) is 37.1 Å². The van der Waals surface area contributed by atoms with Gasteiger partial charge in [0, 0.05) is 12.1 Å². The van der Waals surface area contributed by atoms with Crippen molar-refractivity contribution in [1.29, 1.82) is 0 Å². The van der Waals surface area contributed by atoms with Gasteiger partial charge in [-0.3, -0.25) is 4.98 Å². The summed E-state index contributed by atoms with van der Waals surface area (Å²) in [5.74, 6) is 0.0659. The molecule has 0 spiro atoms. The van der Waals surface area contributed by atoms with Crippen molar-refractivity contribution < 1.29 is 9.90 Å². The molecule has 7 heteroatoms. The van der Waals surface area contributed by atoms with Gasteiger partial charge in [0.25, 0.3) is 0 Å². The van der Waals surface area contributed by atoms with Gasteiger partial charge in [-0.25, -0.2) is 14.8 Å². The van der Waals surface area contributed by atoms with Gasteiger partial charge in [0.1, 0.15) is 16.7 Å². The van der Waals surface area contributed by atoms with Crippen LogP contribution < -0.4 is 5.32 Å². The normalized spacial score (nSPS) is 18.5. The van der Waals surface area contributed by atoms with Gasteiger partial charge in [0.05, 0.1) is 11.2 Å². The zero-order valence-corrected chi connectivity index (χ0v) is 13.0. The van der Waals surface area contributed by atoms with Crippen LogP contribution in [0.15, 0.2) is 24.4 Å². The van der Waals surface area contributed by atoms with E-state index in [0.717, 1.165) is 31.4 Å². The van der Waals surface area contributed by atoms with Crippen LogP contribution in [0.25, 0.3) is 0 Å². The Hall–Kier alpha value is -2.21. The van der Waals surface area contributed by atoms with Gasteiger partial charge in [-0.15, -0.1) is 0 Å². The van der Waals surface area contributed by atoms with E-state index >= 15 is 0 Å². The van der Waals surface area contributed by atoms with Crippen molar-refractivity contribution in [1.82, 2.24) is 15.0 Å². The summed E-state index contributed by atoms with van der Waals surface area (Å²) in [6, 6.07) is 5.75. The molecule has 2 aliphatic rings. The first-order chi connectivity index (χ1) is 11.1. The van der Waals surface area contributed by atoms with Gasteiger partial charge < -0.3 is 10.4 Å². The topological polar surface area (TPSA) is 88.0 Å². The average Bonchev–Trinajstić information content (AvgIpc) is 3.45. The highest BCUT2D eigenvalue weighted by atomic mass is 35.5. The number of carboxylic acid groups (broad SMARTS) is 1. The number of halogens is 1. The van der Waals surface area contributed by atoms with Crippen molar-refractivity contribution in [3.05, 3.63) is 46.6 Å². The number of hydrogen-bond acceptors (Lipinski definition) is 5. The lowest BCUT2D eigenvalue weighted by atomic mass is 10.1. The SMILES string of the molecule is O=C(O)c1nc(C2CC2)nc(NC2(c3ccccn3)CC2)c1Cl. The molecule has 0 amide bonds. The minimum atomic E-state index is -1.13. The van der Waals surface area contributed by atoms with Gasteiger partial charge in [0.15, 0.2) is 5.69 Å². The van der Waals surface area contributed by atoms with E-state index in [2.05, 4.69) is 20.3 Å². The summed E-state index contributed by atoms with van der Waals surface area (Å²) in [6.45, 7) is 0. The van der Waals surface area contributed by atoms with Crippen molar-refractivity contribution in [2.24, 2.45) is 0 Å². The molecule has 4 rings (SSSR count). The first-order valence-electron chi connectivity index (χ1n) is 7.59. The minimum Gasteiger partial charge on any atom is -0.476 e. The molecule has 118 valence electrons. The second-order valence-corrected chi connectivity index (χ2v) is 6.47. The largest absolute Gasteiger partial charge is 0.476 e. The molecule has 0 aliphatic heterocycles. The number of carbonyl (C=O) groups is 1. The molecule has 0 aromatic carbocycles. The molecule has 2 fully saturated rings. The third-order valence-electron chi connectivity index (χ3n) is 4.28. The highest BCUT2D eigenvalue weighted by Gasteiger charge is 2.46. The molecule has 2 heterocycles. The maximum atomic E-state index is 11.4. The molecule has 0 atom stereocenters. The molecule has 23 heavy (non-hydrogen) atoms. The number of rotatable bonds is 5. The van der Waals surface area contributed by atoms with E-state index in [1.54, 1.807) is 6.20 Å². The first-order valence-corrected chi connectivity index (χ1v) is 7.97. The Morgan fingerprint density at radius 2 is 2.09 bits per heavy atom. The second kappa shape index (κ2) is 5.16. The average molecular weight is 331 g/mol. The third-order valence-corrected chi connectivity index (χ3v) is 4.63. The van der Waals surface area contributed by atoms with Crippen LogP contribution in [-0.4, -0.2) is 26.0 Å². The number of hydrogen-bond donors (Lipinski definition) is 2. The fourth-order valence-corrected chi connectivity index (χ4v) is 2.87. The molecule has 2 aliphatic carbocycles. The standard InChI is InChI=1S/C16H15ClN4O2/c17-11-12(15(22)23)19-13(9-4-5-9)20-14(11)21-16(6-7-16)10-3-1-2-8-18-10/h1-3,8-9H,4-7H2,(H,22,23)(H,19,20,21). The van der Waals surface area contributed by atoms with Crippen molar-refractivity contribution >= 4 is 23.4 Å². The predicted octanol–water partition coefficient (Wildman–Crippen LogP) is 3.20. The van der Waals surface area contributed by atoms with Crippen LogP contribution in [0.1, 0.15) is 53.6 Å². The quantitative estimate of drug-likeness (QED) is 0.875. The van der Waals surface area contributed by atoms with Crippen molar-refractivity contribution in [3.63, 3.8) is 0 Å². The number of nitrogens with one attached hydrogen (secondary N) is 1. The first kappa shape index (κ1) is 14.4. The Morgan fingerprint density at radius 3 is 2.65 bits per heavy atom. The number of carboxylic acids is 1. The highest BCUT2D eigenvalue weighted by Crippen LogP contribution is 2.48. The van der Waals surface area contributed by atoms with Crippen LogP contribution in [-0.2, 0) is 5.54 Å². The molecule has 2 aromatic heterocycles. The highest BCUT2D eigenvalue weighted by molar-refractivity contribution is 6.35. The number of aromatic nitrogens is 3. The van der Waals surface area contributed by atoms with Crippen LogP contribution in [0.5, 0.6) is 0 Å². The molecule has 0 unspecified atom stereocenters. The summed E-state index contributed by atoms with van der Waals surface area (Å²) in [7, 11) is 0. The van der Waals surface area contributed by atoms with E-state index in [1.165, 1.54) is 0 Å². The monoisotopic (exact) mass is 330 g/mol. The van der Waals surface area contributed by atoms with E-state index in [4.69, 9.17) is 11.6 Å². The Labute approximate surface area is 137 Å². The smallest absolute Gasteiger partial charge is 0.356 e. The lowest BCUT2D eigenvalue weighted by molar-refractivity contribution is 0.0690.